The summed E-state index contributed by atoms with van der Waals surface area (Å²) in [6.45, 7) is 3.57. The van der Waals surface area contributed by atoms with Gasteiger partial charge in [-0.15, -0.1) is 6.58 Å². The molecule has 0 saturated heterocycles. The topological polar surface area (TPSA) is 26.3 Å². The quantitative estimate of drug-likeness (QED) is 0.447. The van der Waals surface area contributed by atoms with Gasteiger partial charge in [-0.25, -0.2) is 0 Å². The third kappa shape index (κ3) is 6.84. The van der Waals surface area contributed by atoms with E-state index in [0.717, 1.165) is 12.8 Å². The second-order valence-electron chi connectivity index (χ2n) is 2.11. The first-order chi connectivity index (χ1) is 5.31. The Kier molecular flexibility index (Phi) is 6.39. The van der Waals surface area contributed by atoms with Crippen LogP contribution in [-0.4, -0.2) is 13.1 Å². The van der Waals surface area contributed by atoms with E-state index in [9.17, 15) is 4.79 Å². The number of carbonyl (C=O) groups is 1. The van der Waals surface area contributed by atoms with Crippen molar-refractivity contribution in [1.82, 2.24) is 0 Å². The molecular formula is C9H14O2. The third-order valence-electron chi connectivity index (χ3n) is 1.21. The highest BCUT2D eigenvalue weighted by Gasteiger charge is 1.94. The molecule has 0 radical (unpaired) electrons. The van der Waals surface area contributed by atoms with Gasteiger partial charge in [0.05, 0.1) is 7.11 Å². The van der Waals surface area contributed by atoms with Gasteiger partial charge in [0.2, 0.25) is 0 Å². The van der Waals surface area contributed by atoms with Crippen molar-refractivity contribution in [3.8, 4) is 0 Å². The highest BCUT2D eigenvalue weighted by molar-refractivity contribution is 5.69. The number of ether oxygens (including phenoxy) is 1. The molecule has 0 aromatic carbocycles. The Morgan fingerprint density at radius 1 is 1.55 bits per heavy atom. The standard InChI is InChI=1S/C9H14O2/c1-3-4-5-6-7-8-9(10)11-2/h3,5-6H,1,4,7-8H2,2H3/b6-5-. The highest BCUT2D eigenvalue weighted by atomic mass is 16.5. The Hall–Kier alpha value is -1.05. The second kappa shape index (κ2) is 7.06. The lowest BCUT2D eigenvalue weighted by atomic mass is 10.2. The lowest BCUT2D eigenvalue weighted by Crippen LogP contribution is -1.97. The SMILES string of the molecule is C=CC/C=C\CCC(=O)OC. The van der Waals surface area contributed by atoms with E-state index < -0.39 is 0 Å². The zero-order valence-corrected chi connectivity index (χ0v) is 6.88. The maximum atomic E-state index is 10.6. The second-order valence-corrected chi connectivity index (χ2v) is 2.11. The van der Waals surface area contributed by atoms with Crippen LogP contribution in [0.2, 0.25) is 0 Å². The average Bonchev–Trinajstić information content (AvgIpc) is 2.04. The normalized spacial score (nSPS) is 9.91. The van der Waals surface area contributed by atoms with Gasteiger partial charge in [-0.3, -0.25) is 4.79 Å². The molecule has 0 spiro atoms. The summed E-state index contributed by atoms with van der Waals surface area (Å²) in [5, 5.41) is 0. The largest absolute Gasteiger partial charge is 0.469 e. The van der Waals surface area contributed by atoms with E-state index in [2.05, 4.69) is 11.3 Å². The molecule has 0 unspecified atom stereocenters. The molecule has 0 aromatic rings. The van der Waals surface area contributed by atoms with E-state index >= 15 is 0 Å². The van der Waals surface area contributed by atoms with Crippen LogP contribution in [0.15, 0.2) is 24.8 Å². The summed E-state index contributed by atoms with van der Waals surface area (Å²) in [4.78, 5) is 10.6. The molecule has 0 atom stereocenters. The Balaban J connectivity index is 3.25. The molecule has 0 aliphatic rings. The predicted molar refractivity (Wildman–Crippen MR) is 45.2 cm³/mol. The first kappa shape index (κ1) is 9.95. The molecular weight excluding hydrogens is 140 g/mol. The Bertz CT molecular complexity index is 148. The van der Waals surface area contributed by atoms with Crippen LogP contribution in [0.25, 0.3) is 0 Å². The maximum Gasteiger partial charge on any atom is 0.305 e. The monoisotopic (exact) mass is 154 g/mol. The number of carbonyl (C=O) groups excluding carboxylic acids is 1. The molecule has 0 N–H and O–H groups in total. The number of rotatable bonds is 5. The van der Waals surface area contributed by atoms with Crippen LogP contribution < -0.4 is 0 Å². The lowest BCUT2D eigenvalue weighted by Gasteiger charge is -1.93. The van der Waals surface area contributed by atoms with Gasteiger partial charge in [0.15, 0.2) is 0 Å². The van der Waals surface area contributed by atoms with Crippen LogP contribution in [-0.2, 0) is 9.53 Å². The smallest absolute Gasteiger partial charge is 0.305 e. The summed E-state index contributed by atoms with van der Waals surface area (Å²) in [5.41, 5.74) is 0. The number of methoxy groups -OCH3 is 1. The third-order valence-corrected chi connectivity index (χ3v) is 1.21. The van der Waals surface area contributed by atoms with Gasteiger partial charge >= 0.3 is 5.97 Å². The summed E-state index contributed by atoms with van der Waals surface area (Å²) in [6.07, 6.45) is 7.83. The molecule has 0 aliphatic heterocycles. The molecule has 0 bridgehead atoms. The first-order valence-corrected chi connectivity index (χ1v) is 3.64. The highest BCUT2D eigenvalue weighted by Crippen LogP contribution is 1.94. The molecule has 2 heteroatoms. The Morgan fingerprint density at radius 3 is 2.82 bits per heavy atom. The minimum absolute atomic E-state index is 0.159. The van der Waals surface area contributed by atoms with Gasteiger partial charge in [0.25, 0.3) is 0 Å². The van der Waals surface area contributed by atoms with Crippen molar-refractivity contribution >= 4 is 5.97 Å². The van der Waals surface area contributed by atoms with Crippen molar-refractivity contribution in [2.45, 2.75) is 19.3 Å². The van der Waals surface area contributed by atoms with E-state index in [4.69, 9.17) is 0 Å². The molecule has 62 valence electrons. The number of allylic oxidation sites excluding steroid dienone is 3. The van der Waals surface area contributed by atoms with E-state index in [0.29, 0.717) is 6.42 Å². The fourth-order valence-electron chi connectivity index (χ4n) is 0.614. The molecule has 0 saturated carbocycles. The first-order valence-electron chi connectivity index (χ1n) is 3.64. The Labute approximate surface area is 67.6 Å². The minimum Gasteiger partial charge on any atom is -0.469 e. The van der Waals surface area contributed by atoms with Gasteiger partial charge in [-0.05, 0) is 12.8 Å². The minimum atomic E-state index is -0.159. The molecule has 0 aromatic heterocycles. The zero-order chi connectivity index (χ0) is 8.53. The molecule has 0 heterocycles. The predicted octanol–water partition coefficient (Wildman–Crippen LogP) is 2.07. The van der Waals surface area contributed by atoms with Gasteiger partial charge in [-0.1, -0.05) is 18.2 Å². The molecule has 0 rings (SSSR count). The zero-order valence-electron chi connectivity index (χ0n) is 6.88. The summed E-state index contributed by atoms with van der Waals surface area (Å²) >= 11 is 0. The number of hydrogen-bond acceptors (Lipinski definition) is 2. The van der Waals surface area contributed by atoms with Crippen molar-refractivity contribution < 1.29 is 9.53 Å². The lowest BCUT2D eigenvalue weighted by molar-refractivity contribution is -0.140. The average molecular weight is 154 g/mol. The van der Waals surface area contributed by atoms with Crippen LogP contribution in [0, 0.1) is 0 Å². The number of hydrogen-bond donors (Lipinski definition) is 0. The van der Waals surface area contributed by atoms with Crippen molar-refractivity contribution in [2.75, 3.05) is 7.11 Å². The van der Waals surface area contributed by atoms with E-state index in [-0.39, 0.29) is 5.97 Å². The summed E-state index contributed by atoms with van der Waals surface area (Å²) in [5.74, 6) is -0.159. The van der Waals surface area contributed by atoms with Gasteiger partial charge < -0.3 is 4.74 Å². The van der Waals surface area contributed by atoms with Gasteiger partial charge in [0, 0.05) is 6.42 Å². The van der Waals surface area contributed by atoms with Crippen LogP contribution >= 0.6 is 0 Å². The Morgan fingerprint density at radius 2 is 2.27 bits per heavy atom. The fourth-order valence-corrected chi connectivity index (χ4v) is 0.614. The van der Waals surface area contributed by atoms with Crippen LogP contribution in [0.4, 0.5) is 0 Å². The summed E-state index contributed by atoms with van der Waals surface area (Å²) < 4.78 is 4.46. The van der Waals surface area contributed by atoms with Crippen molar-refractivity contribution in [3.63, 3.8) is 0 Å². The molecule has 0 aliphatic carbocycles. The van der Waals surface area contributed by atoms with Crippen LogP contribution in [0.5, 0.6) is 0 Å². The summed E-state index contributed by atoms with van der Waals surface area (Å²) in [7, 11) is 1.40. The van der Waals surface area contributed by atoms with Crippen molar-refractivity contribution in [1.29, 1.82) is 0 Å². The van der Waals surface area contributed by atoms with Crippen molar-refractivity contribution in [3.05, 3.63) is 24.8 Å². The molecule has 11 heavy (non-hydrogen) atoms. The van der Waals surface area contributed by atoms with Gasteiger partial charge in [0.1, 0.15) is 0 Å². The molecule has 2 nitrogen and oxygen atoms in total. The van der Waals surface area contributed by atoms with Crippen molar-refractivity contribution in [2.24, 2.45) is 0 Å². The van der Waals surface area contributed by atoms with Crippen LogP contribution in [0.3, 0.4) is 0 Å². The van der Waals surface area contributed by atoms with Gasteiger partial charge in [-0.2, -0.15) is 0 Å². The van der Waals surface area contributed by atoms with E-state index in [1.807, 2.05) is 18.2 Å². The van der Waals surface area contributed by atoms with E-state index in [1.54, 1.807) is 0 Å². The van der Waals surface area contributed by atoms with E-state index in [1.165, 1.54) is 7.11 Å². The fraction of sp³-hybridized carbons (Fsp3) is 0.444. The molecule has 0 fully saturated rings. The number of esters is 1. The summed E-state index contributed by atoms with van der Waals surface area (Å²) in [6, 6.07) is 0. The van der Waals surface area contributed by atoms with Crippen LogP contribution in [0.1, 0.15) is 19.3 Å². The molecule has 0 amide bonds. The maximum absolute atomic E-state index is 10.6.